The molecule has 0 saturated heterocycles. The topological polar surface area (TPSA) is 72.2 Å². The highest BCUT2D eigenvalue weighted by Crippen LogP contribution is 2.28. The van der Waals surface area contributed by atoms with Crippen molar-refractivity contribution in [2.24, 2.45) is 0 Å². The van der Waals surface area contributed by atoms with E-state index in [9.17, 15) is 14.9 Å². The molecule has 0 fully saturated rings. The van der Waals surface area contributed by atoms with Crippen LogP contribution in [0.1, 0.15) is 37.0 Å². The molecule has 0 saturated carbocycles. The quantitative estimate of drug-likeness (QED) is 0.669. The van der Waals surface area contributed by atoms with Crippen LogP contribution in [0.2, 0.25) is 0 Å². The summed E-state index contributed by atoms with van der Waals surface area (Å²) in [5.41, 5.74) is 0.179. The van der Waals surface area contributed by atoms with Crippen LogP contribution in [0.3, 0.4) is 0 Å². The van der Waals surface area contributed by atoms with Gasteiger partial charge in [0.05, 0.1) is 10.5 Å². The predicted molar refractivity (Wildman–Crippen MR) is 72.6 cm³/mol. The molecule has 6 heteroatoms. The van der Waals surface area contributed by atoms with E-state index in [1.54, 1.807) is 6.07 Å². The Hall–Kier alpha value is -1.43. The molecule has 1 atom stereocenters. The molecule has 5 nitrogen and oxygen atoms in total. The van der Waals surface area contributed by atoms with E-state index in [2.05, 4.69) is 21.2 Å². The van der Waals surface area contributed by atoms with Crippen molar-refractivity contribution in [1.82, 2.24) is 5.32 Å². The van der Waals surface area contributed by atoms with Crippen LogP contribution >= 0.6 is 15.9 Å². The second-order valence-electron chi connectivity index (χ2n) is 4.06. The third-order valence-corrected chi connectivity index (χ3v) is 3.35. The highest BCUT2D eigenvalue weighted by molar-refractivity contribution is 9.10. The molecule has 18 heavy (non-hydrogen) atoms. The van der Waals surface area contributed by atoms with Crippen LogP contribution in [-0.2, 0) is 0 Å². The third-order valence-electron chi connectivity index (χ3n) is 2.52. The summed E-state index contributed by atoms with van der Waals surface area (Å²) in [4.78, 5) is 22.2. The Kier molecular flexibility index (Phi) is 5.27. The van der Waals surface area contributed by atoms with Gasteiger partial charge in [0.25, 0.3) is 11.6 Å². The van der Waals surface area contributed by atoms with E-state index in [-0.39, 0.29) is 27.7 Å². The number of halogens is 1. The van der Waals surface area contributed by atoms with Gasteiger partial charge in [0, 0.05) is 12.1 Å². The van der Waals surface area contributed by atoms with E-state index in [1.165, 1.54) is 12.1 Å². The van der Waals surface area contributed by atoms with Crippen LogP contribution in [0.4, 0.5) is 5.69 Å². The lowest BCUT2D eigenvalue weighted by Crippen LogP contribution is -2.32. The number of nitro groups is 1. The summed E-state index contributed by atoms with van der Waals surface area (Å²) < 4.78 is 0.219. The largest absolute Gasteiger partial charge is 0.350 e. The lowest BCUT2D eigenvalue weighted by molar-refractivity contribution is -0.385. The molecule has 98 valence electrons. The molecule has 0 aliphatic heterocycles. The minimum Gasteiger partial charge on any atom is -0.350 e. The van der Waals surface area contributed by atoms with Crippen molar-refractivity contribution in [2.75, 3.05) is 0 Å². The van der Waals surface area contributed by atoms with Crippen molar-refractivity contribution in [2.45, 2.75) is 32.7 Å². The highest BCUT2D eigenvalue weighted by atomic mass is 79.9. The second-order valence-corrected chi connectivity index (χ2v) is 4.85. The Labute approximate surface area is 114 Å². The van der Waals surface area contributed by atoms with Crippen molar-refractivity contribution in [1.29, 1.82) is 0 Å². The van der Waals surface area contributed by atoms with Gasteiger partial charge in [-0.3, -0.25) is 14.9 Å². The lowest BCUT2D eigenvalue weighted by atomic mass is 10.1. The fraction of sp³-hybridized carbons (Fsp3) is 0.417. The summed E-state index contributed by atoms with van der Waals surface area (Å²) in [7, 11) is 0. The van der Waals surface area contributed by atoms with Gasteiger partial charge in [-0.1, -0.05) is 19.4 Å². The van der Waals surface area contributed by atoms with Crippen LogP contribution in [0.25, 0.3) is 0 Å². The standard InChI is InChI=1S/C12H15BrN2O3/c1-3-5-8(2)14-12(16)9-6-4-7-10(11(9)13)15(17)18/h4,6-8H,3,5H2,1-2H3,(H,14,16). The average Bonchev–Trinajstić information content (AvgIpc) is 2.28. The molecule has 0 aliphatic rings. The summed E-state index contributed by atoms with van der Waals surface area (Å²) in [5.74, 6) is -0.300. The van der Waals surface area contributed by atoms with Gasteiger partial charge in [-0.2, -0.15) is 0 Å². The zero-order valence-corrected chi connectivity index (χ0v) is 11.9. The molecule has 1 aromatic rings. The van der Waals surface area contributed by atoms with Gasteiger partial charge in [-0.15, -0.1) is 0 Å². The number of carbonyl (C=O) groups excluding carboxylic acids is 1. The molecule has 1 unspecified atom stereocenters. The minimum absolute atomic E-state index is 0.0497. The summed E-state index contributed by atoms with van der Waals surface area (Å²) in [6.07, 6.45) is 1.84. The summed E-state index contributed by atoms with van der Waals surface area (Å²) >= 11 is 3.11. The molecule has 0 aromatic heterocycles. The fourth-order valence-corrected chi connectivity index (χ4v) is 2.23. The molecule has 0 spiro atoms. The minimum atomic E-state index is -0.518. The van der Waals surface area contributed by atoms with Gasteiger partial charge < -0.3 is 5.32 Å². The lowest BCUT2D eigenvalue weighted by Gasteiger charge is -2.13. The number of benzene rings is 1. The Morgan fingerprint density at radius 1 is 1.56 bits per heavy atom. The SMILES string of the molecule is CCCC(C)NC(=O)c1cccc([N+](=O)[O-])c1Br. The Balaban J connectivity index is 2.93. The summed E-state index contributed by atoms with van der Waals surface area (Å²) in [6.45, 7) is 3.94. The molecular weight excluding hydrogens is 300 g/mol. The van der Waals surface area contributed by atoms with Crippen LogP contribution in [0.15, 0.2) is 22.7 Å². The normalized spacial score (nSPS) is 11.9. The maximum absolute atomic E-state index is 12.0. The fourth-order valence-electron chi connectivity index (χ4n) is 1.64. The first-order valence-corrected chi connectivity index (χ1v) is 6.50. The number of hydrogen-bond donors (Lipinski definition) is 1. The van der Waals surface area contributed by atoms with Crippen molar-refractivity contribution in [3.05, 3.63) is 38.3 Å². The molecule has 0 heterocycles. The molecule has 0 radical (unpaired) electrons. The van der Waals surface area contributed by atoms with Gasteiger partial charge in [-0.05, 0) is 35.3 Å². The number of nitrogens with one attached hydrogen (secondary N) is 1. The van der Waals surface area contributed by atoms with Gasteiger partial charge in [-0.25, -0.2) is 0 Å². The Morgan fingerprint density at radius 3 is 2.78 bits per heavy atom. The maximum atomic E-state index is 12.0. The molecule has 1 rings (SSSR count). The first-order chi connectivity index (χ1) is 8.47. The van der Waals surface area contributed by atoms with Crippen molar-refractivity contribution >= 4 is 27.5 Å². The summed E-state index contributed by atoms with van der Waals surface area (Å²) in [5, 5.41) is 13.6. The zero-order chi connectivity index (χ0) is 13.7. The van der Waals surface area contributed by atoms with E-state index >= 15 is 0 Å². The number of amides is 1. The smallest absolute Gasteiger partial charge is 0.284 e. The van der Waals surface area contributed by atoms with Gasteiger partial charge >= 0.3 is 0 Å². The van der Waals surface area contributed by atoms with E-state index in [0.29, 0.717) is 0 Å². The molecule has 1 aromatic carbocycles. The van der Waals surface area contributed by atoms with Crippen LogP contribution in [-0.4, -0.2) is 16.9 Å². The Bertz CT molecular complexity index is 463. The number of carbonyl (C=O) groups is 1. The van der Waals surface area contributed by atoms with Crippen LogP contribution in [0, 0.1) is 10.1 Å². The van der Waals surface area contributed by atoms with Gasteiger partial charge in [0.1, 0.15) is 4.47 Å². The third kappa shape index (κ3) is 3.53. The van der Waals surface area contributed by atoms with Crippen molar-refractivity contribution in [3.63, 3.8) is 0 Å². The monoisotopic (exact) mass is 314 g/mol. The van der Waals surface area contributed by atoms with E-state index < -0.39 is 4.92 Å². The molecule has 1 N–H and O–H groups in total. The first kappa shape index (κ1) is 14.6. The number of nitro benzene ring substituents is 1. The van der Waals surface area contributed by atoms with E-state index in [1.807, 2.05) is 13.8 Å². The van der Waals surface area contributed by atoms with Crippen molar-refractivity contribution in [3.8, 4) is 0 Å². The van der Waals surface area contributed by atoms with E-state index in [4.69, 9.17) is 0 Å². The first-order valence-electron chi connectivity index (χ1n) is 5.71. The molecule has 1 amide bonds. The van der Waals surface area contributed by atoms with Crippen molar-refractivity contribution < 1.29 is 9.72 Å². The Morgan fingerprint density at radius 2 is 2.22 bits per heavy atom. The van der Waals surface area contributed by atoms with E-state index in [0.717, 1.165) is 12.8 Å². The average molecular weight is 315 g/mol. The number of rotatable bonds is 5. The maximum Gasteiger partial charge on any atom is 0.284 e. The predicted octanol–water partition coefficient (Wildman–Crippen LogP) is 3.28. The number of hydrogen-bond acceptors (Lipinski definition) is 3. The van der Waals surface area contributed by atoms with Gasteiger partial charge in [0.15, 0.2) is 0 Å². The van der Waals surface area contributed by atoms with Crippen LogP contribution < -0.4 is 5.32 Å². The summed E-state index contributed by atoms with van der Waals surface area (Å²) in [6, 6.07) is 4.47. The molecule has 0 aliphatic carbocycles. The second kappa shape index (κ2) is 6.49. The molecule has 0 bridgehead atoms. The highest BCUT2D eigenvalue weighted by Gasteiger charge is 2.20. The van der Waals surface area contributed by atoms with Crippen LogP contribution in [0.5, 0.6) is 0 Å². The van der Waals surface area contributed by atoms with Gasteiger partial charge in [0.2, 0.25) is 0 Å². The number of nitrogens with zero attached hydrogens (tertiary/aromatic N) is 1. The molecular formula is C12H15BrN2O3. The zero-order valence-electron chi connectivity index (χ0n) is 10.3.